The van der Waals surface area contributed by atoms with Crippen molar-refractivity contribution < 1.29 is 24.1 Å². The molecule has 72 valence electrons. The van der Waals surface area contributed by atoms with Gasteiger partial charge in [0.1, 0.15) is 12.2 Å². The zero-order chi connectivity index (χ0) is 9.30. The Labute approximate surface area is 69.9 Å². The Morgan fingerprint density at radius 1 is 1.42 bits per heavy atom. The van der Waals surface area contributed by atoms with Crippen LogP contribution < -0.4 is 0 Å². The number of aliphatic hydroxyl groups is 2. The van der Waals surface area contributed by atoms with Crippen LogP contribution in [0.5, 0.6) is 0 Å². The fourth-order valence-corrected chi connectivity index (χ4v) is 1.33. The second-order valence-corrected chi connectivity index (χ2v) is 2.87. The van der Waals surface area contributed by atoms with Crippen molar-refractivity contribution in [1.82, 2.24) is 0 Å². The minimum atomic E-state index is -1.80. The van der Waals surface area contributed by atoms with Gasteiger partial charge in [-0.05, 0) is 6.92 Å². The smallest absolute Gasteiger partial charge is 0.189 e. The molecule has 4 nitrogen and oxygen atoms in total. The summed E-state index contributed by atoms with van der Waals surface area (Å²) in [5.74, 6) is 0. The Morgan fingerprint density at radius 2 is 2.00 bits per heavy atom. The summed E-state index contributed by atoms with van der Waals surface area (Å²) in [5, 5.41) is 18.2. The largest absolute Gasteiger partial charge is 0.387 e. The lowest BCUT2D eigenvalue weighted by Gasteiger charge is -2.37. The molecule has 0 aromatic heterocycles. The maximum atomic E-state index is 12.9. The van der Waals surface area contributed by atoms with E-state index in [0.717, 1.165) is 0 Å². The van der Waals surface area contributed by atoms with E-state index < -0.39 is 30.8 Å². The average molecular weight is 180 g/mol. The second kappa shape index (κ2) is 3.66. The van der Waals surface area contributed by atoms with E-state index in [-0.39, 0.29) is 0 Å². The minimum Gasteiger partial charge on any atom is -0.387 e. The summed E-state index contributed by atoms with van der Waals surface area (Å²) in [6.45, 7) is 1.60. The Kier molecular flexibility index (Phi) is 3.00. The van der Waals surface area contributed by atoms with Crippen molar-refractivity contribution in [1.29, 1.82) is 0 Å². The Balaban J connectivity index is 2.65. The summed E-state index contributed by atoms with van der Waals surface area (Å²) >= 11 is 0. The number of methoxy groups -OCH3 is 1. The summed E-state index contributed by atoms with van der Waals surface area (Å²) in [5.41, 5.74) is 0. The predicted octanol–water partition coefficient (Wildman–Crippen LogP) is -0.562. The number of rotatable bonds is 1. The van der Waals surface area contributed by atoms with Crippen molar-refractivity contribution in [3.05, 3.63) is 0 Å². The number of alkyl halides is 1. The molecule has 1 saturated heterocycles. The van der Waals surface area contributed by atoms with Crippen LogP contribution >= 0.6 is 0 Å². The molecule has 0 radical (unpaired) electrons. The van der Waals surface area contributed by atoms with Gasteiger partial charge in [0.25, 0.3) is 0 Å². The van der Waals surface area contributed by atoms with Crippen LogP contribution in [0.25, 0.3) is 0 Å². The highest BCUT2D eigenvalue weighted by atomic mass is 19.1. The Morgan fingerprint density at radius 3 is 2.50 bits per heavy atom. The molecule has 1 aliphatic rings. The molecule has 0 amide bonds. The monoisotopic (exact) mass is 180 g/mol. The van der Waals surface area contributed by atoms with Gasteiger partial charge >= 0.3 is 0 Å². The Hall–Kier alpha value is -0.230. The fourth-order valence-electron chi connectivity index (χ4n) is 1.33. The molecule has 0 bridgehead atoms. The van der Waals surface area contributed by atoms with Gasteiger partial charge in [0.15, 0.2) is 12.5 Å². The molecule has 0 spiro atoms. The average Bonchev–Trinajstić information content (AvgIpc) is 2.01. The third-order valence-corrected chi connectivity index (χ3v) is 2.02. The molecule has 0 aromatic rings. The number of ether oxygens (including phenoxy) is 2. The van der Waals surface area contributed by atoms with Gasteiger partial charge in [0, 0.05) is 7.11 Å². The second-order valence-electron chi connectivity index (χ2n) is 2.87. The predicted molar refractivity (Wildman–Crippen MR) is 38.3 cm³/mol. The van der Waals surface area contributed by atoms with Crippen LogP contribution in [0.15, 0.2) is 0 Å². The van der Waals surface area contributed by atoms with Crippen molar-refractivity contribution >= 4 is 0 Å². The molecule has 5 heteroatoms. The van der Waals surface area contributed by atoms with Crippen molar-refractivity contribution in [3.63, 3.8) is 0 Å². The van der Waals surface area contributed by atoms with E-state index in [1.165, 1.54) is 7.11 Å². The van der Waals surface area contributed by atoms with Crippen LogP contribution in [0, 0.1) is 0 Å². The molecular weight excluding hydrogens is 167 g/mol. The van der Waals surface area contributed by atoms with Crippen LogP contribution in [0.4, 0.5) is 4.39 Å². The first kappa shape index (κ1) is 9.85. The topological polar surface area (TPSA) is 58.9 Å². The zero-order valence-corrected chi connectivity index (χ0v) is 6.98. The highest BCUT2D eigenvalue weighted by molar-refractivity contribution is 4.87. The maximum absolute atomic E-state index is 12.9. The van der Waals surface area contributed by atoms with Gasteiger partial charge in [-0.15, -0.1) is 0 Å². The molecule has 2 N–H and O–H groups in total. The molecule has 1 aliphatic heterocycles. The first-order chi connectivity index (χ1) is 5.57. The summed E-state index contributed by atoms with van der Waals surface area (Å²) in [6.07, 6.45) is -5.91. The summed E-state index contributed by atoms with van der Waals surface area (Å²) in [7, 11) is 1.36. The van der Waals surface area contributed by atoms with Gasteiger partial charge in [0.05, 0.1) is 6.10 Å². The summed E-state index contributed by atoms with van der Waals surface area (Å²) in [4.78, 5) is 0. The maximum Gasteiger partial charge on any atom is 0.189 e. The van der Waals surface area contributed by atoms with Gasteiger partial charge in [-0.25, -0.2) is 4.39 Å². The van der Waals surface area contributed by atoms with E-state index in [0.29, 0.717) is 0 Å². The van der Waals surface area contributed by atoms with Crippen LogP contribution in [0.2, 0.25) is 0 Å². The number of hydrogen-bond donors (Lipinski definition) is 2. The number of hydrogen-bond acceptors (Lipinski definition) is 4. The van der Waals surface area contributed by atoms with E-state index in [4.69, 9.17) is 14.6 Å². The quantitative estimate of drug-likeness (QED) is 0.567. The van der Waals surface area contributed by atoms with Crippen LogP contribution in [0.3, 0.4) is 0 Å². The van der Waals surface area contributed by atoms with Gasteiger partial charge < -0.3 is 19.7 Å². The van der Waals surface area contributed by atoms with Crippen molar-refractivity contribution in [3.8, 4) is 0 Å². The minimum absolute atomic E-state index is 0.507. The highest BCUT2D eigenvalue weighted by Crippen LogP contribution is 2.23. The lowest BCUT2D eigenvalue weighted by molar-refractivity contribution is -0.265. The number of aliphatic hydroxyl groups excluding tert-OH is 2. The molecule has 5 atom stereocenters. The zero-order valence-electron chi connectivity index (χ0n) is 6.98. The van der Waals surface area contributed by atoms with Crippen LogP contribution in [0.1, 0.15) is 6.92 Å². The molecule has 1 fully saturated rings. The van der Waals surface area contributed by atoms with E-state index in [9.17, 15) is 9.50 Å². The van der Waals surface area contributed by atoms with E-state index >= 15 is 0 Å². The van der Waals surface area contributed by atoms with Gasteiger partial charge in [-0.1, -0.05) is 0 Å². The molecule has 1 heterocycles. The van der Waals surface area contributed by atoms with E-state index in [1.807, 2.05) is 0 Å². The highest BCUT2D eigenvalue weighted by Gasteiger charge is 2.43. The lowest BCUT2D eigenvalue weighted by Crippen LogP contribution is -2.55. The van der Waals surface area contributed by atoms with Crippen molar-refractivity contribution in [2.75, 3.05) is 7.11 Å². The Bertz CT molecular complexity index is 154. The first-order valence-electron chi connectivity index (χ1n) is 3.76. The van der Waals surface area contributed by atoms with Gasteiger partial charge in [-0.2, -0.15) is 0 Å². The fraction of sp³-hybridized carbons (Fsp3) is 1.00. The molecule has 0 aromatic carbocycles. The van der Waals surface area contributed by atoms with E-state index in [2.05, 4.69) is 0 Å². The molecular formula is C7H13FO4. The molecule has 0 unspecified atom stereocenters. The molecule has 0 saturated carbocycles. The SMILES string of the molecule is CO[C@H]1[C@@H](O)[C@H](F)[C@@H](O)O[C@@H]1C. The van der Waals surface area contributed by atoms with Gasteiger partial charge in [-0.3, -0.25) is 0 Å². The molecule has 1 rings (SSSR count). The standard InChI is InChI=1S/C7H13FO4/c1-3-6(11-2)5(9)4(8)7(10)12-3/h3-7,9-10H,1-2H3/t3-,4+,5+,6-,7+/m1/s1. The van der Waals surface area contributed by atoms with Crippen molar-refractivity contribution in [2.24, 2.45) is 0 Å². The van der Waals surface area contributed by atoms with Crippen molar-refractivity contribution in [2.45, 2.75) is 37.7 Å². The summed E-state index contributed by atoms with van der Waals surface area (Å²) < 4.78 is 22.5. The van der Waals surface area contributed by atoms with E-state index in [1.54, 1.807) is 6.92 Å². The molecule has 0 aliphatic carbocycles. The van der Waals surface area contributed by atoms with Crippen LogP contribution in [-0.2, 0) is 9.47 Å². The normalized spacial score (nSPS) is 49.2. The lowest BCUT2D eigenvalue weighted by atomic mass is 10.0. The number of halogens is 1. The van der Waals surface area contributed by atoms with Gasteiger partial charge in [0.2, 0.25) is 0 Å². The molecule has 12 heavy (non-hydrogen) atoms. The third kappa shape index (κ3) is 1.59. The third-order valence-electron chi connectivity index (χ3n) is 2.02. The van der Waals surface area contributed by atoms with Crippen LogP contribution in [-0.4, -0.2) is 48.1 Å². The summed E-state index contributed by atoms with van der Waals surface area (Å²) in [6, 6.07) is 0. The first-order valence-corrected chi connectivity index (χ1v) is 3.76.